The number of sulfone groups is 1. The topological polar surface area (TPSA) is 104 Å². The van der Waals surface area contributed by atoms with Gasteiger partial charge in [0.25, 0.3) is 5.91 Å². The van der Waals surface area contributed by atoms with Crippen molar-refractivity contribution in [2.24, 2.45) is 0 Å². The van der Waals surface area contributed by atoms with Crippen molar-refractivity contribution in [2.75, 3.05) is 30.6 Å². The summed E-state index contributed by atoms with van der Waals surface area (Å²) in [5.74, 6) is 1.27. The highest BCUT2D eigenvalue weighted by Crippen LogP contribution is 2.23. The molecular weight excluding hydrogens is 402 g/mol. The van der Waals surface area contributed by atoms with Crippen molar-refractivity contribution in [1.29, 1.82) is 0 Å². The average Bonchev–Trinajstić information content (AvgIpc) is 2.70. The first-order valence-electron chi connectivity index (χ1n) is 10.0. The van der Waals surface area contributed by atoms with Gasteiger partial charge in [0.1, 0.15) is 5.82 Å². The van der Waals surface area contributed by atoms with Crippen LogP contribution in [0.25, 0.3) is 0 Å². The zero-order chi connectivity index (χ0) is 21.9. The summed E-state index contributed by atoms with van der Waals surface area (Å²) in [6, 6.07) is 6.47. The fourth-order valence-corrected chi connectivity index (χ4v) is 4.32. The molecule has 1 saturated carbocycles. The minimum atomic E-state index is -3.34. The van der Waals surface area contributed by atoms with Crippen LogP contribution in [0.1, 0.15) is 41.6 Å². The Bertz CT molecular complexity index is 1020. The molecule has 0 spiro atoms. The van der Waals surface area contributed by atoms with Crippen LogP contribution in [0.2, 0.25) is 0 Å². The van der Waals surface area contributed by atoms with Crippen molar-refractivity contribution in [1.82, 2.24) is 15.3 Å². The first kappa shape index (κ1) is 22.0. The van der Waals surface area contributed by atoms with Gasteiger partial charge in [-0.05, 0) is 50.8 Å². The molecule has 1 heterocycles. The summed E-state index contributed by atoms with van der Waals surface area (Å²) >= 11 is 0. The van der Waals surface area contributed by atoms with E-state index < -0.39 is 9.84 Å². The summed E-state index contributed by atoms with van der Waals surface area (Å²) in [5.41, 5.74) is 1.39. The molecule has 2 N–H and O–H groups in total. The Kier molecular flexibility index (Phi) is 6.60. The normalized spacial score (nSPS) is 19.2. The fourth-order valence-electron chi connectivity index (χ4n) is 3.66. The third-order valence-electron chi connectivity index (χ3n) is 5.29. The van der Waals surface area contributed by atoms with Gasteiger partial charge in [0.15, 0.2) is 9.84 Å². The van der Waals surface area contributed by atoms with Crippen molar-refractivity contribution in [3.63, 3.8) is 0 Å². The molecule has 1 aromatic carbocycles. The molecule has 8 nitrogen and oxygen atoms in total. The molecule has 0 saturated heterocycles. The Balaban J connectivity index is 1.55. The van der Waals surface area contributed by atoms with Crippen molar-refractivity contribution < 1.29 is 13.2 Å². The van der Waals surface area contributed by atoms with Gasteiger partial charge in [-0.3, -0.25) is 4.79 Å². The van der Waals surface area contributed by atoms with Crippen molar-refractivity contribution in [3.8, 4) is 0 Å². The zero-order valence-electron chi connectivity index (χ0n) is 17.8. The number of anilines is 2. The summed E-state index contributed by atoms with van der Waals surface area (Å²) in [6.07, 6.45) is 6.41. The van der Waals surface area contributed by atoms with Gasteiger partial charge < -0.3 is 15.5 Å². The number of rotatable bonds is 6. The van der Waals surface area contributed by atoms with Gasteiger partial charge in [-0.2, -0.15) is 4.98 Å². The van der Waals surface area contributed by atoms with E-state index in [0.717, 1.165) is 43.3 Å². The average molecular weight is 432 g/mol. The van der Waals surface area contributed by atoms with Crippen molar-refractivity contribution in [3.05, 3.63) is 41.6 Å². The quantitative estimate of drug-likeness (QED) is 0.724. The van der Waals surface area contributed by atoms with E-state index in [9.17, 15) is 13.2 Å². The predicted octanol–water partition coefficient (Wildman–Crippen LogP) is 2.41. The second-order valence-corrected chi connectivity index (χ2v) is 10.1. The first-order valence-corrected chi connectivity index (χ1v) is 11.9. The van der Waals surface area contributed by atoms with Gasteiger partial charge in [-0.15, -0.1) is 0 Å². The minimum absolute atomic E-state index is 0.0636. The molecule has 1 fully saturated rings. The fraction of sp³-hybridized carbons (Fsp3) is 0.476. The van der Waals surface area contributed by atoms with Gasteiger partial charge in [-0.1, -0.05) is 6.07 Å². The van der Waals surface area contributed by atoms with E-state index >= 15 is 0 Å². The van der Waals surface area contributed by atoms with Gasteiger partial charge in [-0.25, -0.2) is 13.4 Å². The van der Waals surface area contributed by atoms with Gasteiger partial charge in [0.05, 0.1) is 4.90 Å². The van der Waals surface area contributed by atoms with Crippen LogP contribution in [0.5, 0.6) is 0 Å². The third-order valence-corrected chi connectivity index (χ3v) is 6.40. The molecule has 1 aliphatic rings. The molecule has 162 valence electrons. The lowest BCUT2D eigenvalue weighted by molar-refractivity contribution is 0.0926. The number of amides is 1. The number of aromatic nitrogens is 2. The molecule has 0 bridgehead atoms. The van der Waals surface area contributed by atoms with Crippen LogP contribution in [0.4, 0.5) is 11.8 Å². The molecule has 0 radical (unpaired) electrons. The van der Waals surface area contributed by atoms with E-state index in [4.69, 9.17) is 0 Å². The van der Waals surface area contributed by atoms with Crippen molar-refractivity contribution in [2.45, 2.75) is 49.6 Å². The maximum atomic E-state index is 12.6. The van der Waals surface area contributed by atoms with E-state index in [-0.39, 0.29) is 22.9 Å². The lowest BCUT2D eigenvalue weighted by atomic mass is 9.91. The number of carbonyl (C=O) groups is 1. The van der Waals surface area contributed by atoms with E-state index in [1.165, 1.54) is 12.1 Å². The van der Waals surface area contributed by atoms with Crippen LogP contribution in [0, 0.1) is 6.92 Å². The highest BCUT2D eigenvalue weighted by atomic mass is 32.2. The molecule has 30 heavy (non-hydrogen) atoms. The number of aryl methyl sites for hydroxylation is 1. The minimum Gasteiger partial charge on any atom is -0.362 e. The second kappa shape index (κ2) is 8.99. The first-order chi connectivity index (χ1) is 14.1. The Hall–Kier alpha value is -2.68. The summed E-state index contributed by atoms with van der Waals surface area (Å²) in [7, 11) is 0.571. The maximum Gasteiger partial charge on any atom is 0.251 e. The summed E-state index contributed by atoms with van der Waals surface area (Å²) in [5, 5.41) is 6.43. The largest absolute Gasteiger partial charge is 0.362 e. The molecule has 1 aliphatic carbocycles. The number of benzene rings is 1. The van der Waals surface area contributed by atoms with Gasteiger partial charge in [0.2, 0.25) is 5.95 Å². The van der Waals surface area contributed by atoms with Crippen LogP contribution in [0.15, 0.2) is 35.4 Å². The molecule has 3 rings (SSSR count). The third kappa shape index (κ3) is 5.47. The molecular formula is C21H29N5O3S. The monoisotopic (exact) mass is 431 g/mol. The molecule has 2 aromatic rings. The zero-order valence-corrected chi connectivity index (χ0v) is 18.7. The highest BCUT2D eigenvalue weighted by Gasteiger charge is 2.24. The van der Waals surface area contributed by atoms with E-state index in [2.05, 4.69) is 20.6 Å². The number of nitrogens with one attached hydrogen (secondary N) is 2. The maximum absolute atomic E-state index is 12.6. The standard InChI is InChI=1S/C21H29N5O3S/c1-14-13-22-21(25-19(14)26(2)3)24-17-10-8-16(9-11-17)23-20(27)15-6-5-7-18(12-15)30(4,28)29/h5-7,12-13,16-17H,8-11H2,1-4H3,(H,23,27)(H,22,24,25). The number of nitrogens with zero attached hydrogens (tertiary/aromatic N) is 3. The van der Waals surface area contributed by atoms with Crippen molar-refractivity contribution >= 4 is 27.5 Å². The number of hydrogen-bond acceptors (Lipinski definition) is 7. The second-order valence-electron chi connectivity index (χ2n) is 8.06. The highest BCUT2D eigenvalue weighted by molar-refractivity contribution is 7.90. The SMILES string of the molecule is Cc1cnc(NC2CCC(NC(=O)c3cccc(S(C)(=O)=O)c3)CC2)nc1N(C)C. The molecule has 0 unspecified atom stereocenters. The molecule has 9 heteroatoms. The smallest absolute Gasteiger partial charge is 0.251 e. The Morgan fingerprint density at radius 3 is 2.43 bits per heavy atom. The summed E-state index contributed by atoms with van der Waals surface area (Å²) in [4.78, 5) is 23.6. The van der Waals surface area contributed by atoms with Crippen LogP contribution in [0.3, 0.4) is 0 Å². The molecule has 0 atom stereocenters. The van der Waals surface area contributed by atoms with Crippen LogP contribution in [-0.4, -0.2) is 56.7 Å². The Morgan fingerprint density at radius 2 is 1.80 bits per heavy atom. The van der Waals surface area contributed by atoms with E-state index in [0.29, 0.717) is 11.5 Å². The van der Waals surface area contributed by atoms with Gasteiger partial charge in [0, 0.05) is 49.8 Å². The lowest BCUT2D eigenvalue weighted by Gasteiger charge is -2.30. The molecule has 1 aromatic heterocycles. The number of hydrogen-bond donors (Lipinski definition) is 2. The van der Waals surface area contributed by atoms with Gasteiger partial charge >= 0.3 is 0 Å². The van der Waals surface area contributed by atoms with E-state index in [1.54, 1.807) is 12.1 Å². The van der Waals surface area contributed by atoms with Crippen LogP contribution in [-0.2, 0) is 9.84 Å². The predicted molar refractivity (Wildman–Crippen MR) is 118 cm³/mol. The Labute approximate surface area is 178 Å². The van der Waals surface area contributed by atoms with E-state index in [1.807, 2.05) is 32.1 Å². The Morgan fingerprint density at radius 1 is 1.13 bits per heavy atom. The summed E-state index contributed by atoms with van der Waals surface area (Å²) in [6.45, 7) is 1.98. The molecule has 0 aliphatic heterocycles. The molecule has 1 amide bonds. The number of carbonyl (C=O) groups excluding carboxylic acids is 1. The van der Waals surface area contributed by atoms with Crippen LogP contribution < -0.4 is 15.5 Å². The lowest BCUT2D eigenvalue weighted by Crippen LogP contribution is -2.40. The summed E-state index contributed by atoms with van der Waals surface area (Å²) < 4.78 is 23.4. The van der Waals surface area contributed by atoms with Crippen LogP contribution >= 0.6 is 0 Å².